The lowest BCUT2D eigenvalue weighted by Gasteiger charge is -2.10. The highest BCUT2D eigenvalue weighted by molar-refractivity contribution is 7.20. The number of ether oxygens (including phenoxy) is 1. The number of esters is 1. The topological polar surface area (TPSA) is 90.3 Å². The first-order chi connectivity index (χ1) is 12.8. The summed E-state index contributed by atoms with van der Waals surface area (Å²) >= 11 is 1.10. The molecule has 0 unspecified atom stereocenters. The number of nitrogens with one attached hydrogen (secondary N) is 1. The number of hydrogen-bond donors (Lipinski definition) is 1. The largest absolute Gasteiger partial charge is 0.465 e. The van der Waals surface area contributed by atoms with Gasteiger partial charge < -0.3 is 10.1 Å². The SMILES string of the molecule is COC(=O)c1sc2ncn(CC(=O)Nc3cc(C)ccc3C)c(=O)c2c1C. The first-order valence-corrected chi connectivity index (χ1v) is 9.07. The minimum atomic E-state index is -0.505. The summed E-state index contributed by atoms with van der Waals surface area (Å²) in [6, 6.07) is 5.77. The zero-order chi connectivity index (χ0) is 19.7. The fraction of sp³-hybridized carbons (Fsp3) is 0.263. The molecular formula is C19H19N3O4S. The Kier molecular flexibility index (Phi) is 5.09. The zero-order valence-corrected chi connectivity index (χ0v) is 16.3. The summed E-state index contributed by atoms with van der Waals surface area (Å²) in [6.45, 7) is 5.35. The van der Waals surface area contributed by atoms with Crippen molar-refractivity contribution < 1.29 is 14.3 Å². The summed E-state index contributed by atoms with van der Waals surface area (Å²) in [6.07, 6.45) is 1.32. The maximum atomic E-state index is 12.8. The lowest BCUT2D eigenvalue weighted by atomic mass is 10.1. The molecule has 0 radical (unpaired) electrons. The van der Waals surface area contributed by atoms with Crippen LogP contribution in [0.15, 0.2) is 29.3 Å². The molecule has 0 aliphatic heterocycles. The molecule has 2 heterocycles. The van der Waals surface area contributed by atoms with Crippen molar-refractivity contribution in [1.29, 1.82) is 0 Å². The van der Waals surface area contributed by atoms with Gasteiger partial charge >= 0.3 is 5.97 Å². The first-order valence-electron chi connectivity index (χ1n) is 8.25. The van der Waals surface area contributed by atoms with Crippen LogP contribution in [0, 0.1) is 20.8 Å². The number of amides is 1. The molecule has 1 aromatic carbocycles. The van der Waals surface area contributed by atoms with Gasteiger partial charge in [0, 0.05) is 5.69 Å². The number of rotatable bonds is 4. The molecule has 0 aliphatic rings. The number of aromatic nitrogens is 2. The van der Waals surface area contributed by atoms with Crippen LogP contribution in [-0.4, -0.2) is 28.5 Å². The number of carbonyl (C=O) groups is 2. The standard InChI is InChI=1S/C19H19N3O4S/c1-10-5-6-11(2)13(7-10)21-14(23)8-22-9-20-17-15(18(22)24)12(3)16(27-17)19(25)26-4/h5-7,9H,8H2,1-4H3,(H,21,23). The molecule has 2 aromatic heterocycles. The molecule has 140 valence electrons. The molecule has 0 fully saturated rings. The van der Waals surface area contributed by atoms with Crippen LogP contribution in [0.4, 0.5) is 5.69 Å². The van der Waals surface area contributed by atoms with E-state index in [0.717, 1.165) is 22.5 Å². The van der Waals surface area contributed by atoms with E-state index in [1.165, 1.54) is 18.0 Å². The molecule has 0 aliphatic carbocycles. The highest BCUT2D eigenvalue weighted by Crippen LogP contribution is 2.27. The van der Waals surface area contributed by atoms with Gasteiger partial charge in [0.2, 0.25) is 5.91 Å². The Labute approximate surface area is 159 Å². The van der Waals surface area contributed by atoms with E-state index in [2.05, 4.69) is 10.3 Å². The quantitative estimate of drug-likeness (QED) is 0.698. The molecule has 3 rings (SSSR count). The van der Waals surface area contributed by atoms with Crippen LogP contribution < -0.4 is 10.9 Å². The van der Waals surface area contributed by atoms with Gasteiger partial charge in [-0.15, -0.1) is 11.3 Å². The number of nitrogens with zero attached hydrogens (tertiary/aromatic N) is 2. The third-order valence-corrected chi connectivity index (χ3v) is 5.45. The van der Waals surface area contributed by atoms with Crippen molar-refractivity contribution in [3.63, 3.8) is 0 Å². The molecule has 0 spiro atoms. The van der Waals surface area contributed by atoms with Crippen molar-refractivity contribution in [2.24, 2.45) is 0 Å². The minimum Gasteiger partial charge on any atom is -0.465 e. The summed E-state index contributed by atoms with van der Waals surface area (Å²) < 4.78 is 5.98. The second-order valence-corrected chi connectivity index (χ2v) is 7.27. The van der Waals surface area contributed by atoms with Crippen molar-refractivity contribution in [2.45, 2.75) is 27.3 Å². The Morgan fingerprint density at radius 3 is 2.70 bits per heavy atom. The van der Waals surface area contributed by atoms with E-state index in [1.807, 2.05) is 32.0 Å². The third-order valence-electron chi connectivity index (χ3n) is 4.27. The number of hydrogen-bond acceptors (Lipinski definition) is 6. The van der Waals surface area contributed by atoms with E-state index >= 15 is 0 Å². The Bertz CT molecular complexity index is 1110. The first kappa shape index (κ1) is 18.8. The normalized spacial score (nSPS) is 10.8. The molecular weight excluding hydrogens is 366 g/mol. The number of fused-ring (bicyclic) bond motifs is 1. The van der Waals surface area contributed by atoms with E-state index < -0.39 is 5.97 Å². The van der Waals surface area contributed by atoms with E-state index in [0.29, 0.717) is 26.3 Å². The molecule has 8 heteroatoms. The minimum absolute atomic E-state index is 0.169. The lowest BCUT2D eigenvalue weighted by Crippen LogP contribution is -2.28. The average molecular weight is 385 g/mol. The zero-order valence-electron chi connectivity index (χ0n) is 15.5. The Morgan fingerprint density at radius 2 is 2.00 bits per heavy atom. The van der Waals surface area contributed by atoms with Crippen molar-refractivity contribution in [2.75, 3.05) is 12.4 Å². The molecule has 3 aromatic rings. The summed E-state index contributed by atoms with van der Waals surface area (Å²) in [5, 5.41) is 3.16. The van der Waals surface area contributed by atoms with Gasteiger partial charge in [0.25, 0.3) is 5.56 Å². The van der Waals surface area contributed by atoms with Gasteiger partial charge in [-0.2, -0.15) is 0 Å². The Hall–Kier alpha value is -3.00. The van der Waals surface area contributed by atoms with Crippen LogP contribution in [0.5, 0.6) is 0 Å². The van der Waals surface area contributed by atoms with E-state index in [4.69, 9.17) is 4.74 Å². The predicted molar refractivity (Wildman–Crippen MR) is 105 cm³/mol. The highest BCUT2D eigenvalue weighted by atomic mass is 32.1. The molecule has 1 N–H and O–H groups in total. The van der Waals surface area contributed by atoms with Gasteiger partial charge in [-0.1, -0.05) is 12.1 Å². The summed E-state index contributed by atoms with van der Waals surface area (Å²) in [5.41, 5.74) is 2.83. The number of methoxy groups -OCH3 is 1. The number of thiophene rings is 1. The monoisotopic (exact) mass is 385 g/mol. The number of aryl methyl sites for hydroxylation is 3. The number of benzene rings is 1. The van der Waals surface area contributed by atoms with Crippen molar-refractivity contribution >= 4 is 39.1 Å². The molecule has 1 amide bonds. The molecule has 27 heavy (non-hydrogen) atoms. The smallest absolute Gasteiger partial charge is 0.348 e. The van der Waals surface area contributed by atoms with Crippen LogP contribution in [0.2, 0.25) is 0 Å². The van der Waals surface area contributed by atoms with Gasteiger partial charge in [0.05, 0.1) is 18.8 Å². The van der Waals surface area contributed by atoms with Crippen molar-refractivity contribution in [1.82, 2.24) is 9.55 Å². The average Bonchev–Trinajstić information content (AvgIpc) is 2.97. The van der Waals surface area contributed by atoms with Crippen molar-refractivity contribution in [3.05, 3.63) is 56.4 Å². The van der Waals surface area contributed by atoms with Crippen LogP contribution in [-0.2, 0) is 16.1 Å². The molecule has 0 bridgehead atoms. The van der Waals surface area contributed by atoms with Gasteiger partial charge in [-0.3, -0.25) is 14.2 Å². The number of carbonyl (C=O) groups excluding carboxylic acids is 2. The lowest BCUT2D eigenvalue weighted by molar-refractivity contribution is -0.116. The van der Waals surface area contributed by atoms with Crippen LogP contribution in [0.1, 0.15) is 26.4 Å². The fourth-order valence-electron chi connectivity index (χ4n) is 2.77. The Morgan fingerprint density at radius 1 is 1.26 bits per heavy atom. The van der Waals surface area contributed by atoms with Crippen LogP contribution >= 0.6 is 11.3 Å². The third kappa shape index (κ3) is 3.61. The summed E-state index contributed by atoms with van der Waals surface area (Å²) in [4.78, 5) is 42.0. The number of anilines is 1. The maximum absolute atomic E-state index is 12.8. The molecule has 7 nitrogen and oxygen atoms in total. The van der Waals surface area contributed by atoms with Gasteiger partial charge in [-0.25, -0.2) is 9.78 Å². The second kappa shape index (κ2) is 7.32. The van der Waals surface area contributed by atoms with Gasteiger partial charge in [-0.05, 0) is 43.5 Å². The van der Waals surface area contributed by atoms with Crippen LogP contribution in [0.25, 0.3) is 10.2 Å². The Balaban J connectivity index is 1.91. The predicted octanol–water partition coefficient (Wildman–Crippen LogP) is 2.81. The second-order valence-electron chi connectivity index (χ2n) is 6.27. The van der Waals surface area contributed by atoms with Crippen LogP contribution in [0.3, 0.4) is 0 Å². The van der Waals surface area contributed by atoms with Gasteiger partial charge in [0.15, 0.2) is 0 Å². The van der Waals surface area contributed by atoms with Crippen molar-refractivity contribution in [3.8, 4) is 0 Å². The molecule has 0 saturated heterocycles. The fourth-order valence-corrected chi connectivity index (χ4v) is 3.83. The molecule has 0 atom stereocenters. The molecule has 0 saturated carbocycles. The summed E-state index contributed by atoms with van der Waals surface area (Å²) in [7, 11) is 1.29. The van der Waals surface area contributed by atoms with Gasteiger partial charge in [0.1, 0.15) is 16.3 Å². The van der Waals surface area contributed by atoms with E-state index in [9.17, 15) is 14.4 Å². The van der Waals surface area contributed by atoms with E-state index in [1.54, 1.807) is 6.92 Å². The maximum Gasteiger partial charge on any atom is 0.348 e. The highest BCUT2D eigenvalue weighted by Gasteiger charge is 2.20. The van der Waals surface area contributed by atoms with E-state index in [-0.39, 0.29) is 18.0 Å². The summed E-state index contributed by atoms with van der Waals surface area (Å²) in [5.74, 6) is -0.831.